The lowest BCUT2D eigenvalue weighted by molar-refractivity contribution is -0.116. The van der Waals surface area contributed by atoms with Crippen LogP contribution in [0, 0.1) is 12.8 Å². The summed E-state index contributed by atoms with van der Waals surface area (Å²) in [6, 6.07) is 4.61. The van der Waals surface area contributed by atoms with Crippen molar-refractivity contribution < 1.29 is 13.2 Å². The smallest absolute Gasteiger partial charge is 0.240 e. The maximum Gasteiger partial charge on any atom is 0.240 e. The zero-order chi connectivity index (χ0) is 15.3. The van der Waals surface area contributed by atoms with E-state index in [2.05, 4.69) is 10.0 Å². The van der Waals surface area contributed by atoms with Crippen LogP contribution in [0.1, 0.15) is 18.9 Å². The van der Waals surface area contributed by atoms with Gasteiger partial charge in [-0.15, -0.1) is 0 Å². The van der Waals surface area contributed by atoms with Crippen LogP contribution in [-0.4, -0.2) is 27.9 Å². The standard InChI is InChI=1S/C13H21N3O3S/c1-9(8-14)6-13(17)16-12-7-11(5-4-10(12)2)20(18,19)15-3/h4-5,7,9,15H,6,8,14H2,1-3H3,(H,16,17). The second-order valence-electron chi connectivity index (χ2n) is 4.78. The van der Waals surface area contributed by atoms with Crippen molar-refractivity contribution in [2.45, 2.75) is 25.2 Å². The number of nitrogens with one attached hydrogen (secondary N) is 2. The molecule has 0 fully saturated rings. The first kappa shape index (κ1) is 16.6. The van der Waals surface area contributed by atoms with Crippen molar-refractivity contribution >= 4 is 21.6 Å². The Kier molecular flexibility index (Phi) is 5.67. The largest absolute Gasteiger partial charge is 0.330 e. The molecule has 20 heavy (non-hydrogen) atoms. The van der Waals surface area contributed by atoms with Gasteiger partial charge in [0.2, 0.25) is 15.9 Å². The number of carbonyl (C=O) groups excluding carboxylic acids is 1. The third-order valence-corrected chi connectivity index (χ3v) is 4.41. The fourth-order valence-corrected chi connectivity index (χ4v) is 2.38. The van der Waals surface area contributed by atoms with Gasteiger partial charge in [-0.2, -0.15) is 0 Å². The number of amides is 1. The minimum absolute atomic E-state index is 0.0829. The second kappa shape index (κ2) is 6.83. The van der Waals surface area contributed by atoms with Gasteiger partial charge in [0.25, 0.3) is 0 Å². The highest BCUT2D eigenvalue weighted by Gasteiger charge is 2.14. The highest BCUT2D eigenvalue weighted by atomic mass is 32.2. The normalized spacial score (nSPS) is 13.0. The average Bonchev–Trinajstić information content (AvgIpc) is 2.40. The summed E-state index contributed by atoms with van der Waals surface area (Å²) in [5, 5.41) is 2.73. The molecule has 1 rings (SSSR count). The zero-order valence-corrected chi connectivity index (χ0v) is 12.8. The van der Waals surface area contributed by atoms with Gasteiger partial charge in [-0.25, -0.2) is 13.1 Å². The summed E-state index contributed by atoms with van der Waals surface area (Å²) in [5.74, 6) is -0.0930. The predicted molar refractivity (Wildman–Crippen MR) is 78.9 cm³/mol. The SMILES string of the molecule is CNS(=O)(=O)c1ccc(C)c(NC(=O)CC(C)CN)c1. The van der Waals surface area contributed by atoms with Crippen LogP contribution in [0.4, 0.5) is 5.69 Å². The number of aryl methyl sites for hydroxylation is 1. The zero-order valence-electron chi connectivity index (χ0n) is 11.9. The highest BCUT2D eigenvalue weighted by Crippen LogP contribution is 2.20. The van der Waals surface area contributed by atoms with Gasteiger partial charge in [-0.3, -0.25) is 4.79 Å². The number of hydrogen-bond acceptors (Lipinski definition) is 4. The van der Waals surface area contributed by atoms with Crippen LogP contribution in [0.25, 0.3) is 0 Å². The first-order valence-corrected chi connectivity index (χ1v) is 7.82. The molecule has 0 heterocycles. The van der Waals surface area contributed by atoms with Crippen molar-refractivity contribution in [3.8, 4) is 0 Å². The molecule has 0 saturated carbocycles. The predicted octanol–water partition coefficient (Wildman–Crippen LogP) is 0.827. The third-order valence-electron chi connectivity index (χ3n) is 3.00. The van der Waals surface area contributed by atoms with Crippen LogP contribution in [0.3, 0.4) is 0 Å². The minimum atomic E-state index is -3.52. The fraction of sp³-hybridized carbons (Fsp3) is 0.462. The summed E-state index contributed by atoms with van der Waals surface area (Å²) >= 11 is 0. The molecule has 0 radical (unpaired) electrons. The van der Waals surface area contributed by atoms with E-state index < -0.39 is 10.0 Å². The Balaban J connectivity index is 2.96. The van der Waals surface area contributed by atoms with Crippen LogP contribution >= 0.6 is 0 Å². The first-order valence-electron chi connectivity index (χ1n) is 6.34. The molecule has 0 bridgehead atoms. The topological polar surface area (TPSA) is 101 Å². The monoisotopic (exact) mass is 299 g/mol. The van der Waals surface area contributed by atoms with Crippen LogP contribution in [-0.2, 0) is 14.8 Å². The molecule has 0 aliphatic heterocycles. The molecule has 7 heteroatoms. The van der Waals surface area contributed by atoms with Gasteiger partial charge < -0.3 is 11.1 Å². The van der Waals surface area contributed by atoms with Gasteiger partial charge in [0.05, 0.1) is 4.90 Å². The molecule has 0 saturated heterocycles. The number of rotatable bonds is 6. The van der Waals surface area contributed by atoms with Crippen molar-refractivity contribution in [2.24, 2.45) is 11.7 Å². The van der Waals surface area contributed by atoms with E-state index in [0.29, 0.717) is 18.7 Å². The molecule has 0 spiro atoms. The van der Waals surface area contributed by atoms with Crippen LogP contribution < -0.4 is 15.8 Å². The Morgan fingerprint density at radius 1 is 1.40 bits per heavy atom. The van der Waals surface area contributed by atoms with Crippen molar-refractivity contribution in [3.05, 3.63) is 23.8 Å². The first-order chi connectivity index (χ1) is 9.30. The van der Waals surface area contributed by atoms with E-state index in [1.165, 1.54) is 19.2 Å². The van der Waals surface area contributed by atoms with Gasteiger partial charge >= 0.3 is 0 Å². The molecule has 1 aromatic carbocycles. The number of nitrogens with two attached hydrogens (primary N) is 1. The Bertz CT molecular complexity index is 585. The quantitative estimate of drug-likeness (QED) is 0.724. The van der Waals surface area contributed by atoms with E-state index in [9.17, 15) is 13.2 Å². The lowest BCUT2D eigenvalue weighted by atomic mass is 10.1. The number of anilines is 1. The van der Waals surface area contributed by atoms with E-state index in [-0.39, 0.29) is 16.7 Å². The number of benzene rings is 1. The van der Waals surface area contributed by atoms with Gasteiger partial charge in [-0.05, 0) is 44.1 Å². The number of hydrogen-bond donors (Lipinski definition) is 3. The summed E-state index contributed by atoms with van der Waals surface area (Å²) in [6.45, 7) is 4.12. The Morgan fingerprint density at radius 3 is 2.60 bits per heavy atom. The lowest BCUT2D eigenvalue weighted by Crippen LogP contribution is -2.21. The second-order valence-corrected chi connectivity index (χ2v) is 6.66. The van der Waals surface area contributed by atoms with Crippen LogP contribution in [0.5, 0.6) is 0 Å². The third kappa shape index (κ3) is 4.29. The van der Waals surface area contributed by atoms with Crippen LogP contribution in [0.15, 0.2) is 23.1 Å². The Labute approximate surface area is 119 Å². The molecule has 1 aromatic rings. The summed E-state index contributed by atoms with van der Waals surface area (Å²) in [6.07, 6.45) is 0.305. The van der Waals surface area contributed by atoms with Crippen molar-refractivity contribution in [3.63, 3.8) is 0 Å². The lowest BCUT2D eigenvalue weighted by Gasteiger charge is -2.12. The van der Waals surface area contributed by atoms with E-state index in [4.69, 9.17) is 5.73 Å². The maximum absolute atomic E-state index is 11.8. The summed E-state index contributed by atoms with van der Waals surface area (Å²) in [4.78, 5) is 12.0. The highest BCUT2D eigenvalue weighted by molar-refractivity contribution is 7.89. The summed E-state index contributed by atoms with van der Waals surface area (Å²) in [5.41, 5.74) is 6.77. The summed E-state index contributed by atoms with van der Waals surface area (Å²) < 4.78 is 25.7. The molecule has 0 aromatic heterocycles. The minimum Gasteiger partial charge on any atom is -0.330 e. The molecule has 4 N–H and O–H groups in total. The van der Waals surface area contributed by atoms with Gasteiger partial charge in [0.15, 0.2) is 0 Å². The van der Waals surface area contributed by atoms with Gasteiger partial charge in [-0.1, -0.05) is 13.0 Å². The molecular formula is C13H21N3O3S. The number of sulfonamides is 1. The molecule has 0 aliphatic rings. The van der Waals surface area contributed by atoms with Gasteiger partial charge in [0, 0.05) is 12.1 Å². The van der Waals surface area contributed by atoms with Gasteiger partial charge in [0.1, 0.15) is 0 Å². The Morgan fingerprint density at radius 2 is 2.05 bits per heavy atom. The molecule has 1 atom stereocenters. The molecular weight excluding hydrogens is 278 g/mol. The average molecular weight is 299 g/mol. The van der Waals surface area contributed by atoms with E-state index in [1.807, 2.05) is 6.92 Å². The molecule has 1 amide bonds. The molecule has 0 aliphatic carbocycles. The van der Waals surface area contributed by atoms with Crippen LogP contribution in [0.2, 0.25) is 0 Å². The van der Waals surface area contributed by atoms with Crippen molar-refractivity contribution in [2.75, 3.05) is 18.9 Å². The number of carbonyl (C=O) groups is 1. The van der Waals surface area contributed by atoms with Crippen molar-refractivity contribution in [1.82, 2.24) is 4.72 Å². The van der Waals surface area contributed by atoms with E-state index in [0.717, 1.165) is 5.56 Å². The van der Waals surface area contributed by atoms with Crippen molar-refractivity contribution in [1.29, 1.82) is 0 Å². The summed E-state index contributed by atoms with van der Waals surface area (Å²) in [7, 11) is -2.18. The molecule has 1 unspecified atom stereocenters. The Hall–Kier alpha value is -1.44. The molecule has 112 valence electrons. The maximum atomic E-state index is 11.8. The van der Waals surface area contributed by atoms with E-state index in [1.54, 1.807) is 13.0 Å². The van der Waals surface area contributed by atoms with E-state index >= 15 is 0 Å². The molecule has 6 nitrogen and oxygen atoms in total. The fourth-order valence-electron chi connectivity index (χ4n) is 1.62.